The van der Waals surface area contributed by atoms with Gasteiger partial charge in [0.25, 0.3) is 0 Å². The predicted molar refractivity (Wildman–Crippen MR) is 43.3 cm³/mol. The van der Waals surface area contributed by atoms with Crippen molar-refractivity contribution in [2.75, 3.05) is 6.54 Å². The number of aliphatic hydroxyl groups excluding tert-OH is 1. The van der Waals surface area contributed by atoms with E-state index in [0.29, 0.717) is 0 Å². The number of aliphatic hydroxyl groups is 1. The average Bonchev–Trinajstić information content (AvgIpc) is 2.15. The lowest BCUT2D eigenvalue weighted by Crippen LogP contribution is -2.18. The molecule has 3 N–H and O–H groups in total. The normalized spacial score (nSPS) is 14.1. The smallest absolute Gasteiger partial charge is 0.387 e. The van der Waals surface area contributed by atoms with Crippen LogP contribution in [0.4, 0.5) is 13.2 Å². The van der Waals surface area contributed by atoms with Crippen LogP contribution in [0.3, 0.4) is 0 Å². The highest BCUT2D eigenvalue weighted by atomic mass is 19.4. The van der Waals surface area contributed by atoms with Crippen LogP contribution in [0.25, 0.3) is 0 Å². The lowest BCUT2D eigenvalue weighted by Gasteiger charge is -2.14. The number of aromatic nitrogens is 1. The minimum Gasteiger partial charge on any atom is -0.387 e. The maximum atomic E-state index is 12.3. The Balaban J connectivity index is 3.16. The summed E-state index contributed by atoms with van der Waals surface area (Å²) in [5.41, 5.74) is 3.70. The van der Waals surface area contributed by atoms with Crippen LogP contribution in [-0.2, 0) is 6.18 Å². The minimum absolute atomic E-state index is 0.269. The second-order valence-electron chi connectivity index (χ2n) is 2.69. The molecule has 1 aromatic heterocycles. The standard InChI is InChI=1S/C8H9F3N2O/c9-8(10,11)7-5(6(14)4-12)2-1-3-13-7/h1-3,6,14H,4,12H2/t6-/m0/s1. The minimum atomic E-state index is -4.56. The van der Waals surface area contributed by atoms with Crippen molar-refractivity contribution in [1.29, 1.82) is 0 Å². The second-order valence-corrected chi connectivity index (χ2v) is 2.69. The zero-order chi connectivity index (χ0) is 10.8. The first-order valence-electron chi connectivity index (χ1n) is 3.87. The molecule has 78 valence electrons. The van der Waals surface area contributed by atoms with Gasteiger partial charge in [-0.1, -0.05) is 6.07 Å². The van der Waals surface area contributed by atoms with Gasteiger partial charge in [-0.05, 0) is 6.07 Å². The molecule has 0 radical (unpaired) electrons. The van der Waals surface area contributed by atoms with E-state index in [4.69, 9.17) is 5.73 Å². The molecule has 0 aliphatic carbocycles. The number of halogens is 3. The fraction of sp³-hybridized carbons (Fsp3) is 0.375. The Morgan fingerprint density at radius 3 is 2.64 bits per heavy atom. The highest BCUT2D eigenvalue weighted by Crippen LogP contribution is 2.32. The molecule has 6 heteroatoms. The molecule has 0 aromatic carbocycles. The van der Waals surface area contributed by atoms with Gasteiger partial charge in [0, 0.05) is 18.3 Å². The molecule has 0 saturated carbocycles. The number of nitrogens with two attached hydrogens (primary N) is 1. The van der Waals surface area contributed by atoms with E-state index in [-0.39, 0.29) is 12.1 Å². The molecule has 3 nitrogen and oxygen atoms in total. The van der Waals surface area contributed by atoms with Gasteiger partial charge >= 0.3 is 6.18 Å². The van der Waals surface area contributed by atoms with Crippen molar-refractivity contribution >= 4 is 0 Å². The fourth-order valence-corrected chi connectivity index (χ4v) is 1.05. The van der Waals surface area contributed by atoms with Crippen molar-refractivity contribution in [1.82, 2.24) is 4.98 Å². The summed E-state index contributed by atoms with van der Waals surface area (Å²) < 4.78 is 37.0. The van der Waals surface area contributed by atoms with Gasteiger partial charge in [-0.3, -0.25) is 4.98 Å². The lowest BCUT2D eigenvalue weighted by molar-refractivity contribution is -0.142. The molecule has 0 bridgehead atoms. The van der Waals surface area contributed by atoms with E-state index in [0.717, 1.165) is 12.3 Å². The molecule has 14 heavy (non-hydrogen) atoms. The van der Waals surface area contributed by atoms with Crippen molar-refractivity contribution in [3.8, 4) is 0 Å². The summed E-state index contributed by atoms with van der Waals surface area (Å²) in [5, 5.41) is 9.21. The Hall–Kier alpha value is -1.14. The fourth-order valence-electron chi connectivity index (χ4n) is 1.05. The van der Waals surface area contributed by atoms with Crippen molar-refractivity contribution in [3.05, 3.63) is 29.6 Å². The molecule has 0 unspecified atom stereocenters. The molecule has 0 saturated heterocycles. The van der Waals surface area contributed by atoms with Crippen LogP contribution >= 0.6 is 0 Å². The third-order valence-electron chi connectivity index (χ3n) is 1.69. The van der Waals surface area contributed by atoms with Crippen LogP contribution in [-0.4, -0.2) is 16.6 Å². The summed E-state index contributed by atoms with van der Waals surface area (Å²) in [5.74, 6) is 0. The summed E-state index contributed by atoms with van der Waals surface area (Å²) in [6.07, 6.45) is -4.87. The van der Waals surface area contributed by atoms with E-state index in [1.54, 1.807) is 0 Å². The molecule has 1 aromatic rings. The van der Waals surface area contributed by atoms with Gasteiger partial charge < -0.3 is 10.8 Å². The monoisotopic (exact) mass is 206 g/mol. The molecule has 1 atom stereocenters. The van der Waals surface area contributed by atoms with E-state index < -0.39 is 18.0 Å². The van der Waals surface area contributed by atoms with E-state index in [1.165, 1.54) is 6.07 Å². The van der Waals surface area contributed by atoms with Gasteiger partial charge in [0.2, 0.25) is 0 Å². The summed E-state index contributed by atoms with van der Waals surface area (Å²) >= 11 is 0. The Kier molecular flexibility index (Phi) is 3.07. The molecular weight excluding hydrogens is 197 g/mol. The van der Waals surface area contributed by atoms with Gasteiger partial charge in [-0.25, -0.2) is 0 Å². The first-order valence-corrected chi connectivity index (χ1v) is 3.87. The van der Waals surface area contributed by atoms with Crippen LogP contribution in [0.15, 0.2) is 18.3 Å². The van der Waals surface area contributed by atoms with Crippen molar-refractivity contribution in [3.63, 3.8) is 0 Å². The van der Waals surface area contributed by atoms with Crippen LogP contribution in [0.2, 0.25) is 0 Å². The van der Waals surface area contributed by atoms with Gasteiger partial charge in [0.1, 0.15) is 5.69 Å². The van der Waals surface area contributed by atoms with Crippen LogP contribution in [0, 0.1) is 0 Å². The van der Waals surface area contributed by atoms with Gasteiger partial charge in [0.15, 0.2) is 0 Å². The number of hydrogen-bond donors (Lipinski definition) is 2. The zero-order valence-electron chi connectivity index (χ0n) is 7.12. The molecule has 0 aliphatic heterocycles. The Morgan fingerprint density at radius 2 is 2.14 bits per heavy atom. The molecule has 0 fully saturated rings. The lowest BCUT2D eigenvalue weighted by atomic mass is 10.1. The number of hydrogen-bond acceptors (Lipinski definition) is 3. The molecular formula is C8H9F3N2O. The highest BCUT2D eigenvalue weighted by Gasteiger charge is 2.36. The van der Waals surface area contributed by atoms with Crippen molar-refractivity contribution < 1.29 is 18.3 Å². The van der Waals surface area contributed by atoms with Crippen molar-refractivity contribution in [2.45, 2.75) is 12.3 Å². The maximum Gasteiger partial charge on any atom is 0.433 e. The number of nitrogens with zero attached hydrogens (tertiary/aromatic N) is 1. The number of alkyl halides is 3. The molecule has 0 aliphatic rings. The summed E-state index contributed by atoms with van der Waals surface area (Å²) in [6, 6.07) is 2.48. The van der Waals surface area contributed by atoms with Crippen LogP contribution < -0.4 is 5.73 Å². The van der Waals surface area contributed by atoms with Crippen molar-refractivity contribution in [2.24, 2.45) is 5.73 Å². The van der Waals surface area contributed by atoms with Crippen LogP contribution in [0.1, 0.15) is 17.4 Å². The Morgan fingerprint density at radius 1 is 1.50 bits per heavy atom. The third-order valence-corrected chi connectivity index (χ3v) is 1.69. The zero-order valence-corrected chi connectivity index (χ0v) is 7.12. The molecule has 1 heterocycles. The Bertz CT molecular complexity index is 314. The average molecular weight is 206 g/mol. The first kappa shape index (κ1) is 10.9. The largest absolute Gasteiger partial charge is 0.433 e. The van der Waals surface area contributed by atoms with E-state index in [1.807, 2.05) is 0 Å². The summed E-state index contributed by atoms with van der Waals surface area (Å²) in [6.45, 7) is -0.269. The maximum absolute atomic E-state index is 12.3. The molecule has 1 rings (SSSR count). The van der Waals surface area contributed by atoms with Gasteiger partial charge in [-0.2, -0.15) is 13.2 Å². The SMILES string of the molecule is NC[C@H](O)c1cccnc1C(F)(F)F. The summed E-state index contributed by atoms with van der Waals surface area (Å²) in [4.78, 5) is 3.18. The molecule has 0 amide bonds. The van der Waals surface area contributed by atoms with Gasteiger partial charge in [-0.15, -0.1) is 0 Å². The van der Waals surface area contributed by atoms with Gasteiger partial charge in [0.05, 0.1) is 6.10 Å². The van der Waals surface area contributed by atoms with E-state index in [9.17, 15) is 18.3 Å². The van der Waals surface area contributed by atoms with E-state index in [2.05, 4.69) is 4.98 Å². The third kappa shape index (κ3) is 2.21. The number of pyridine rings is 1. The van der Waals surface area contributed by atoms with E-state index >= 15 is 0 Å². The Labute approximate surface area is 78.4 Å². The topological polar surface area (TPSA) is 59.1 Å². The molecule has 0 spiro atoms. The summed E-state index contributed by atoms with van der Waals surface area (Å²) in [7, 11) is 0. The number of rotatable bonds is 2. The first-order chi connectivity index (χ1) is 6.46. The highest BCUT2D eigenvalue weighted by molar-refractivity contribution is 5.24. The van der Waals surface area contributed by atoms with Crippen LogP contribution in [0.5, 0.6) is 0 Å². The quantitative estimate of drug-likeness (QED) is 0.761. The second kappa shape index (κ2) is 3.93. The predicted octanol–water partition coefficient (Wildman–Crippen LogP) is 1.09.